The van der Waals surface area contributed by atoms with Crippen molar-refractivity contribution in [3.63, 3.8) is 0 Å². The fraction of sp³-hybridized carbons (Fsp3) is 0.650. The largest absolute Gasteiger partial charge is 0.389 e. The molecule has 0 unspecified atom stereocenters. The fourth-order valence-corrected chi connectivity index (χ4v) is 4.05. The quantitative estimate of drug-likeness (QED) is 0.547. The Morgan fingerprint density at radius 1 is 1.35 bits per heavy atom. The molecule has 0 spiro atoms. The molecule has 126 valence electrons. The van der Waals surface area contributed by atoms with Crippen LogP contribution in [0.4, 0.5) is 0 Å². The van der Waals surface area contributed by atoms with E-state index in [1.54, 1.807) is 6.08 Å². The lowest BCUT2D eigenvalue weighted by molar-refractivity contribution is -0.117. The average Bonchev–Trinajstić information content (AvgIpc) is 3.17. The van der Waals surface area contributed by atoms with E-state index in [2.05, 4.69) is 33.4 Å². The van der Waals surface area contributed by atoms with Crippen LogP contribution in [0.3, 0.4) is 0 Å². The highest BCUT2D eigenvalue weighted by atomic mass is 16.6. The van der Waals surface area contributed by atoms with Crippen LogP contribution in [0.2, 0.25) is 0 Å². The lowest BCUT2D eigenvalue weighted by Gasteiger charge is -2.44. The van der Waals surface area contributed by atoms with E-state index in [4.69, 9.17) is 4.74 Å². The Balaban J connectivity index is 2.03. The molecule has 0 aromatic rings. The zero-order valence-corrected chi connectivity index (χ0v) is 14.7. The molecule has 3 aliphatic rings. The second kappa shape index (κ2) is 5.42. The molecule has 0 saturated carbocycles. The SMILES string of the molecule is C=C1C2=C[C@@H](O)[C@@H](C)[C@@]1(C)CC/C(C)=C/CC[C@@]1(C)O[C@@H]1C2=O. The summed E-state index contributed by atoms with van der Waals surface area (Å²) in [6.07, 6.45) is 6.65. The molecule has 2 aliphatic carbocycles. The van der Waals surface area contributed by atoms with Crippen LogP contribution in [-0.4, -0.2) is 28.7 Å². The molecule has 0 aromatic carbocycles. The number of Topliss-reactive ketones (excluding diaryl/α,β-unsaturated/α-hetero) is 1. The van der Waals surface area contributed by atoms with E-state index in [9.17, 15) is 9.90 Å². The summed E-state index contributed by atoms with van der Waals surface area (Å²) in [5, 5.41) is 10.5. The molecule has 23 heavy (non-hydrogen) atoms. The monoisotopic (exact) mass is 316 g/mol. The van der Waals surface area contributed by atoms with E-state index in [0.717, 1.165) is 31.3 Å². The second-order valence-electron chi connectivity index (χ2n) is 8.02. The fourth-order valence-electron chi connectivity index (χ4n) is 4.05. The highest BCUT2D eigenvalue weighted by Gasteiger charge is 2.58. The van der Waals surface area contributed by atoms with Gasteiger partial charge in [0.2, 0.25) is 0 Å². The number of rotatable bonds is 0. The van der Waals surface area contributed by atoms with Crippen molar-refractivity contribution in [2.75, 3.05) is 0 Å². The van der Waals surface area contributed by atoms with Gasteiger partial charge >= 0.3 is 0 Å². The summed E-state index contributed by atoms with van der Waals surface area (Å²) in [4.78, 5) is 12.9. The van der Waals surface area contributed by atoms with Gasteiger partial charge in [0.05, 0.1) is 6.10 Å². The first-order valence-electron chi connectivity index (χ1n) is 8.66. The minimum absolute atomic E-state index is 0.00375. The molecular formula is C20H28O3. The van der Waals surface area contributed by atoms with Gasteiger partial charge in [0, 0.05) is 5.57 Å². The molecule has 3 nitrogen and oxygen atoms in total. The van der Waals surface area contributed by atoms with Crippen LogP contribution < -0.4 is 0 Å². The van der Waals surface area contributed by atoms with Crippen LogP contribution in [0, 0.1) is 11.3 Å². The Labute approximate surface area is 139 Å². The summed E-state index contributed by atoms with van der Waals surface area (Å²) in [6.45, 7) is 12.6. The Morgan fingerprint density at radius 3 is 2.74 bits per heavy atom. The molecule has 5 atom stereocenters. The Hall–Kier alpha value is -1.19. The first kappa shape index (κ1) is 16.7. The van der Waals surface area contributed by atoms with Crippen LogP contribution in [0.25, 0.3) is 0 Å². The molecular weight excluding hydrogens is 288 g/mol. The summed E-state index contributed by atoms with van der Waals surface area (Å²) >= 11 is 0. The summed E-state index contributed by atoms with van der Waals surface area (Å²) in [7, 11) is 0. The summed E-state index contributed by atoms with van der Waals surface area (Å²) in [5.41, 5.74) is 2.20. The van der Waals surface area contributed by atoms with E-state index in [-0.39, 0.29) is 28.8 Å². The Kier molecular flexibility index (Phi) is 3.93. The van der Waals surface area contributed by atoms with Gasteiger partial charge in [-0.25, -0.2) is 0 Å². The van der Waals surface area contributed by atoms with Gasteiger partial charge in [-0.3, -0.25) is 4.79 Å². The standard InChI is InChI=1S/C20H28O3/c1-12-7-6-9-20(5)18(23-20)17(22)15-11-16(21)14(3)19(4,10-8-12)13(15)2/h7,11,14,16,18,21H,2,6,8-10H2,1,3-5H3/b12-7+/t14-,16-,18-,19+,20-/m1/s1. The normalized spacial score (nSPS) is 46.7. The van der Waals surface area contributed by atoms with Gasteiger partial charge in [-0.2, -0.15) is 0 Å². The summed E-state index contributed by atoms with van der Waals surface area (Å²) in [5.74, 6) is 0.0461. The number of carbonyl (C=O) groups excluding carboxylic acids is 1. The highest BCUT2D eigenvalue weighted by Crippen LogP contribution is 2.51. The molecule has 3 heteroatoms. The average molecular weight is 316 g/mol. The summed E-state index contributed by atoms with van der Waals surface area (Å²) in [6, 6.07) is 0. The maximum atomic E-state index is 12.9. The molecule has 1 N–H and O–H groups in total. The Bertz CT molecular complexity index is 614. The summed E-state index contributed by atoms with van der Waals surface area (Å²) < 4.78 is 5.76. The van der Waals surface area contributed by atoms with Gasteiger partial charge in [-0.15, -0.1) is 0 Å². The smallest absolute Gasteiger partial charge is 0.194 e. The van der Waals surface area contributed by atoms with E-state index in [1.165, 1.54) is 5.57 Å². The van der Waals surface area contributed by atoms with E-state index < -0.39 is 6.10 Å². The van der Waals surface area contributed by atoms with Crippen LogP contribution in [0.5, 0.6) is 0 Å². The van der Waals surface area contributed by atoms with Crippen molar-refractivity contribution < 1.29 is 14.6 Å². The van der Waals surface area contributed by atoms with Gasteiger partial charge in [0.15, 0.2) is 5.78 Å². The number of aliphatic hydroxyl groups is 1. The maximum Gasteiger partial charge on any atom is 0.194 e. The van der Waals surface area contributed by atoms with Crippen LogP contribution >= 0.6 is 0 Å². The molecule has 0 amide bonds. The van der Waals surface area contributed by atoms with Crippen molar-refractivity contribution in [2.45, 2.75) is 71.2 Å². The van der Waals surface area contributed by atoms with Crippen LogP contribution in [0.15, 0.2) is 35.5 Å². The lowest BCUT2D eigenvalue weighted by Crippen LogP contribution is -2.41. The van der Waals surface area contributed by atoms with Crippen LogP contribution in [0.1, 0.15) is 53.4 Å². The number of ether oxygens (including phenoxy) is 1. The molecule has 0 radical (unpaired) electrons. The third kappa shape index (κ3) is 2.64. The van der Waals surface area contributed by atoms with Crippen molar-refractivity contribution in [3.05, 3.63) is 35.5 Å². The number of hydrogen-bond acceptors (Lipinski definition) is 3. The Morgan fingerprint density at radius 2 is 2.04 bits per heavy atom. The third-order valence-electron chi connectivity index (χ3n) is 6.43. The number of carbonyl (C=O) groups is 1. The highest BCUT2D eigenvalue weighted by molar-refractivity contribution is 6.05. The van der Waals surface area contributed by atoms with Crippen molar-refractivity contribution in [3.8, 4) is 0 Å². The van der Waals surface area contributed by atoms with Gasteiger partial charge in [-0.05, 0) is 62.5 Å². The van der Waals surface area contributed by atoms with E-state index in [0.29, 0.717) is 5.57 Å². The number of hydrogen-bond donors (Lipinski definition) is 1. The number of epoxide rings is 1. The molecule has 0 aromatic heterocycles. The predicted octanol–water partition coefficient (Wildman–Crippen LogP) is 3.73. The zero-order chi connectivity index (χ0) is 17.0. The van der Waals surface area contributed by atoms with Gasteiger partial charge in [0.1, 0.15) is 11.7 Å². The molecule has 1 aliphatic heterocycles. The first-order chi connectivity index (χ1) is 10.7. The molecule has 1 fully saturated rings. The van der Waals surface area contributed by atoms with Crippen molar-refractivity contribution in [1.29, 1.82) is 0 Å². The number of aliphatic hydroxyl groups excluding tert-OH is 1. The van der Waals surface area contributed by atoms with E-state index >= 15 is 0 Å². The van der Waals surface area contributed by atoms with Gasteiger partial charge in [-0.1, -0.05) is 32.1 Å². The number of fused-ring (bicyclic) bond motifs is 3. The van der Waals surface area contributed by atoms with Crippen LogP contribution in [-0.2, 0) is 9.53 Å². The molecule has 2 bridgehead atoms. The zero-order valence-electron chi connectivity index (χ0n) is 14.7. The molecule has 1 saturated heterocycles. The lowest BCUT2D eigenvalue weighted by atomic mass is 9.61. The van der Waals surface area contributed by atoms with Crippen molar-refractivity contribution in [2.24, 2.45) is 11.3 Å². The van der Waals surface area contributed by atoms with E-state index in [1.807, 2.05) is 6.92 Å². The van der Waals surface area contributed by atoms with Gasteiger partial charge < -0.3 is 9.84 Å². The number of allylic oxidation sites excluding steroid dienone is 3. The first-order valence-corrected chi connectivity index (χ1v) is 8.66. The minimum Gasteiger partial charge on any atom is -0.389 e. The maximum absolute atomic E-state index is 12.9. The number of ketones is 1. The van der Waals surface area contributed by atoms with Crippen molar-refractivity contribution >= 4 is 5.78 Å². The predicted molar refractivity (Wildman–Crippen MR) is 91.0 cm³/mol. The third-order valence-corrected chi connectivity index (χ3v) is 6.43. The minimum atomic E-state index is -0.610. The van der Waals surface area contributed by atoms with Crippen molar-refractivity contribution in [1.82, 2.24) is 0 Å². The topological polar surface area (TPSA) is 49.8 Å². The van der Waals surface area contributed by atoms with Gasteiger partial charge in [0.25, 0.3) is 0 Å². The molecule has 1 heterocycles. The second-order valence-corrected chi connectivity index (χ2v) is 8.02. The molecule has 3 rings (SSSR count).